The first-order valence-corrected chi connectivity index (χ1v) is 5.91. The van der Waals surface area contributed by atoms with Crippen LogP contribution < -0.4 is 4.74 Å². The van der Waals surface area contributed by atoms with Crippen molar-refractivity contribution in [3.05, 3.63) is 15.8 Å². The van der Waals surface area contributed by atoms with Gasteiger partial charge in [0.2, 0.25) is 0 Å². The van der Waals surface area contributed by atoms with E-state index in [0.717, 1.165) is 11.3 Å². The van der Waals surface area contributed by atoms with Crippen molar-refractivity contribution in [3.8, 4) is 5.75 Å². The van der Waals surface area contributed by atoms with Crippen molar-refractivity contribution < 1.29 is 19.4 Å². The van der Waals surface area contributed by atoms with Crippen LogP contribution in [0, 0.1) is 0 Å². The molecule has 0 bridgehead atoms. The Morgan fingerprint density at radius 1 is 1.62 bits per heavy atom. The Bertz CT molecular complexity index is 359. The summed E-state index contributed by atoms with van der Waals surface area (Å²) in [6.07, 6.45) is 0.764. The van der Waals surface area contributed by atoms with Crippen LogP contribution in [-0.2, 0) is 11.2 Å². The maximum atomic E-state index is 11.0. The van der Waals surface area contributed by atoms with E-state index in [2.05, 4.69) is 0 Å². The Balaban J connectivity index is 2.77. The van der Waals surface area contributed by atoms with Gasteiger partial charge in [-0.15, -0.1) is 11.3 Å². The Morgan fingerprint density at radius 2 is 2.31 bits per heavy atom. The maximum Gasteiger partial charge on any atom is 0.349 e. The van der Waals surface area contributed by atoms with Crippen LogP contribution in [0.15, 0.2) is 6.07 Å². The molecule has 0 saturated carbocycles. The first-order valence-electron chi connectivity index (χ1n) is 5.10. The number of hydrogen-bond donors (Lipinski definition) is 1. The molecule has 1 atom stereocenters. The summed E-state index contributed by atoms with van der Waals surface area (Å²) in [5, 5.41) is 9.00. The first kappa shape index (κ1) is 13.0. The van der Waals surface area contributed by atoms with E-state index in [9.17, 15) is 4.79 Å². The normalized spacial score (nSPS) is 12.4. The van der Waals surface area contributed by atoms with Crippen LogP contribution in [0.5, 0.6) is 5.75 Å². The van der Waals surface area contributed by atoms with Gasteiger partial charge in [-0.05, 0) is 19.4 Å². The quantitative estimate of drug-likeness (QED) is 0.835. The molecule has 0 spiro atoms. The summed E-state index contributed by atoms with van der Waals surface area (Å²) in [5.74, 6) is -0.497. The molecule has 1 rings (SSSR count). The second-order valence-corrected chi connectivity index (χ2v) is 4.56. The number of carboxylic acid groups (broad SMARTS) is 1. The van der Waals surface area contributed by atoms with E-state index < -0.39 is 5.97 Å². The Labute approximate surface area is 98.8 Å². The third-order valence-electron chi connectivity index (χ3n) is 2.17. The molecule has 0 radical (unpaired) electrons. The lowest BCUT2D eigenvalue weighted by atomic mass is 10.3. The molecule has 1 N–H and O–H groups in total. The maximum absolute atomic E-state index is 11.0. The molecule has 1 aromatic rings. The number of aromatic carboxylic acids is 1. The summed E-state index contributed by atoms with van der Waals surface area (Å²) < 4.78 is 10.5. The molecule has 1 heterocycles. The number of carboxylic acids is 1. The minimum absolute atomic E-state index is 0.0494. The van der Waals surface area contributed by atoms with E-state index in [1.54, 1.807) is 13.2 Å². The van der Waals surface area contributed by atoms with Crippen LogP contribution in [0.25, 0.3) is 0 Å². The van der Waals surface area contributed by atoms with E-state index >= 15 is 0 Å². The highest BCUT2D eigenvalue weighted by Gasteiger charge is 2.16. The highest BCUT2D eigenvalue weighted by atomic mass is 32.1. The lowest BCUT2D eigenvalue weighted by molar-refractivity contribution is 0.0653. The second kappa shape index (κ2) is 5.86. The number of hydrogen-bond acceptors (Lipinski definition) is 4. The third kappa shape index (κ3) is 3.21. The van der Waals surface area contributed by atoms with Crippen molar-refractivity contribution in [2.75, 3.05) is 13.7 Å². The zero-order chi connectivity index (χ0) is 12.1. The number of carbonyl (C=O) groups is 1. The van der Waals surface area contributed by atoms with Gasteiger partial charge in [0.1, 0.15) is 12.4 Å². The van der Waals surface area contributed by atoms with Crippen LogP contribution in [0.3, 0.4) is 0 Å². The van der Waals surface area contributed by atoms with Gasteiger partial charge in [0.05, 0.1) is 6.10 Å². The van der Waals surface area contributed by atoms with Gasteiger partial charge in [-0.25, -0.2) is 4.79 Å². The van der Waals surface area contributed by atoms with Gasteiger partial charge in [0, 0.05) is 12.0 Å². The molecular formula is C11H16O4S. The average Bonchev–Trinajstić information content (AvgIpc) is 2.69. The third-order valence-corrected chi connectivity index (χ3v) is 3.42. The predicted octanol–water partition coefficient (Wildman–Crippen LogP) is 2.42. The number of thiophene rings is 1. The van der Waals surface area contributed by atoms with Crippen LogP contribution in [0.1, 0.15) is 28.4 Å². The molecule has 16 heavy (non-hydrogen) atoms. The lowest BCUT2D eigenvalue weighted by Crippen LogP contribution is -2.16. The van der Waals surface area contributed by atoms with Gasteiger partial charge in [0.25, 0.3) is 0 Å². The standard InChI is InChI=1S/C11H16O4S/c1-4-8-5-9(10(16-8)11(12)13)15-6-7(2)14-3/h5,7H,4,6H2,1-3H3,(H,12,13). The minimum atomic E-state index is -0.940. The molecule has 4 nitrogen and oxygen atoms in total. The fourth-order valence-electron chi connectivity index (χ4n) is 1.13. The number of ether oxygens (including phenoxy) is 2. The predicted molar refractivity (Wildman–Crippen MR) is 62.6 cm³/mol. The summed E-state index contributed by atoms with van der Waals surface area (Å²) >= 11 is 1.26. The van der Waals surface area contributed by atoms with Crippen LogP contribution >= 0.6 is 11.3 Å². The Morgan fingerprint density at radius 3 is 2.81 bits per heavy atom. The van der Waals surface area contributed by atoms with E-state index in [0.29, 0.717) is 12.4 Å². The fraction of sp³-hybridized carbons (Fsp3) is 0.545. The molecule has 0 amide bonds. The summed E-state index contributed by atoms with van der Waals surface area (Å²) in [5.41, 5.74) is 0. The molecule has 1 unspecified atom stereocenters. The second-order valence-electron chi connectivity index (χ2n) is 3.42. The lowest BCUT2D eigenvalue weighted by Gasteiger charge is -2.10. The molecule has 90 valence electrons. The van der Waals surface area contributed by atoms with Crippen molar-refractivity contribution in [2.45, 2.75) is 26.4 Å². The number of rotatable bonds is 6. The van der Waals surface area contributed by atoms with Gasteiger partial charge < -0.3 is 14.6 Å². The van der Waals surface area contributed by atoms with Crippen molar-refractivity contribution >= 4 is 17.3 Å². The Kier molecular flexibility index (Phi) is 4.76. The van der Waals surface area contributed by atoms with Gasteiger partial charge in [-0.2, -0.15) is 0 Å². The van der Waals surface area contributed by atoms with Crippen molar-refractivity contribution in [2.24, 2.45) is 0 Å². The molecule has 0 fully saturated rings. The largest absolute Gasteiger partial charge is 0.489 e. The van der Waals surface area contributed by atoms with Crippen molar-refractivity contribution in [3.63, 3.8) is 0 Å². The molecule has 0 aliphatic carbocycles. The molecule has 0 saturated heterocycles. The highest BCUT2D eigenvalue weighted by molar-refractivity contribution is 7.14. The monoisotopic (exact) mass is 244 g/mol. The summed E-state index contributed by atoms with van der Waals surface area (Å²) in [4.78, 5) is 12.2. The van der Waals surface area contributed by atoms with Gasteiger partial charge in [-0.1, -0.05) is 6.92 Å². The zero-order valence-corrected chi connectivity index (χ0v) is 10.5. The Hall–Kier alpha value is -1.07. The van der Waals surface area contributed by atoms with Crippen LogP contribution in [0.4, 0.5) is 0 Å². The van der Waals surface area contributed by atoms with Gasteiger partial charge in [0.15, 0.2) is 4.88 Å². The molecule has 0 aromatic carbocycles. The molecule has 0 aliphatic heterocycles. The first-order chi connectivity index (χ1) is 7.58. The number of methoxy groups -OCH3 is 1. The molecule has 5 heteroatoms. The van der Waals surface area contributed by atoms with Gasteiger partial charge >= 0.3 is 5.97 Å². The van der Waals surface area contributed by atoms with Crippen LogP contribution in [0.2, 0.25) is 0 Å². The minimum Gasteiger partial charge on any atom is -0.489 e. The number of aryl methyl sites for hydroxylation is 1. The fourth-order valence-corrected chi connectivity index (χ4v) is 2.01. The van der Waals surface area contributed by atoms with E-state index in [1.165, 1.54) is 11.3 Å². The van der Waals surface area contributed by atoms with E-state index in [4.69, 9.17) is 14.6 Å². The molecular weight excluding hydrogens is 228 g/mol. The zero-order valence-electron chi connectivity index (χ0n) is 9.65. The van der Waals surface area contributed by atoms with Crippen molar-refractivity contribution in [1.82, 2.24) is 0 Å². The summed E-state index contributed by atoms with van der Waals surface area (Å²) in [7, 11) is 1.59. The molecule has 0 aliphatic rings. The van der Waals surface area contributed by atoms with Crippen LogP contribution in [-0.4, -0.2) is 30.9 Å². The van der Waals surface area contributed by atoms with E-state index in [1.807, 2.05) is 13.8 Å². The summed E-state index contributed by atoms with van der Waals surface area (Å²) in [6.45, 7) is 4.21. The van der Waals surface area contributed by atoms with E-state index in [-0.39, 0.29) is 11.0 Å². The van der Waals surface area contributed by atoms with Crippen molar-refractivity contribution in [1.29, 1.82) is 0 Å². The molecule has 1 aromatic heterocycles. The SMILES string of the molecule is CCc1cc(OCC(C)OC)c(C(=O)O)s1. The average molecular weight is 244 g/mol. The smallest absolute Gasteiger partial charge is 0.349 e. The summed E-state index contributed by atoms with van der Waals surface area (Å²) in [6, 6.07) is 1.79. The highest BCUT2D eigenvalue weighted by Crippen LogP contribution is 2.29. The van der Waals surface area contributed by atoms with Gasteiger partial charge in [-0.3, -0.25) is 0 Å². The topological polar surface area (TPSA) is 55.8 Å².